The van der Waals surface area contributed by atoms with Gasteiger partial charge in [-0.05, 0) is 110 Å². The fraction of sp³-hybridized carbons (Fsp3) is 0.0476. The Morgan fingerprint density at radius 3 is 1.38 bits per heavy atom. The van der Waals surface area contributed by atoms with Crippen LogP contribution in [0.2, 0.25) is 0 Å². The van der Waals surface area contributed by atoms with Crippen LogP contribution < -0.4 is 0 Å². The summed E-state index contributed by atoms with van der Waals surface area (Å²) < 4.78 is 2.40. The largest absolute Gasteiger partial charge is 0.309 e. The van der Waals surface area contributed by atoms with E-state index in [1.807, 2.05) is 0 Å². The van der Waals surface area contributed by atoms with Gasteiger partial charge in [0.2, 0.25) is 0 Å². The third-order valence-electron chi connectivity index (χ3n) is 13.9. The van der Waals surface area contributed by atoms with Crippen molar-refractivity contribution >= 4 is 21.8 Å². The van der Waals surface area contributed by atoms with E-state index in [0.717, 1.165) is 0 Å². The molecule has 0 saturated heterocycles. The summed E-state index contributed by atoms with van der Waals surface area (Å²) in [6.45, 7) is 2.15. The van der Waals surface area contributed by atoms with E-state index in [9.17, 15) is 0 Å². The molecule has 0 saturated carbocycles. The zero-order valence-corrected chi connectivity index (χ0v) is 35.7. The van der Waals surface area contributed by atoms with Crippen molar-refractivity contribution in [1.29, 1.82) is 0 Å². The van der Waals surface area contributed by atoms with E-state index in [1.165, 1.54) is 99.8 Å². The smallest absolute Gasteiger partial charge is 0.0713 e. The quantitative estimate of drug-likeness (QED) is 0.135. The second kappa shape index (κ2) is 15.1. The lowest BCUT2D eigenvalue weighted by molar-refractivity contribution is 0.729. The van der Waals surface area contributed by atoms with Gasteiger partial charge in [-0.2, -0.15) is 0 Å². The Labute approximate surface area is 375 Å². The number of hydrogen-bond acceptors (Lipinski definition) is 0. The van der Waals surface area contributed by atoms with E-state index in [0.29, 0.717) is 0 Å². The number of rotatable bonds is 8. The molecule has 64 heavy (non-hydrogen) atoms. The minimum atomic E-state index is -0.611. The summed E-state index contributed by atoms with van der Waals surface area (Å²) in [5, 5.41) is 2.50. The lowest BCUT2D eigenvalue weighted by Gasteiger charge is -2.39. The minimum Gasteiger partial charge on any atom is -0.309 e. The fourth-order valence-corrected chi connectivity index (χ4v) is 11.1. The molecule has 0 atom stereocenters. The highest BCUT2D eigenvalue weighted by Crippen LogP contribution is 2.58. The molecule has 1 aromatic heterocycles. The Kier molecular flexibility index (Phi) is 8.91. The highest BCUT2D eigenvalue weighted by Gasteiger charge is 2.48. The molecule has 0 bridgehead atoms. The van der Waals surface area contributed by atoms with Gasteiger partial charge >= 0.3 is 0 Å². The predicted octanol–water partition coefficient (Wildman–Crippen LogP) is 15.5. The second-order valence-electron chi connectivity index (χ2n) is 17.3. The van der Waals surface area contributed by atoms with Gasteiger partial charge in [-0.3, -0.25) is 0 Å². The monoisotopic (exact) mass is 815 g/mol. The Hall–Kier alpha value is -8.00. The van der Waals surface area contributed by atoms with Crippen molar-refractivity contribution in [3.8, 4) is 27.9 Å². The lowest BCUT2D eigenvalue weighted by Crippen LogP contribution is -2.33. The maximum absolute atomic E-state index is 2.55. The Balaban J connectivity index is 1.13. The molecule has 0 spiro atoms. The molecule has 0 aliphatic heterocycles. The Bertz CT molecular complexity index is 3320. The molecular weight excluding hydrogens is 771 g/mol. The second-order valence-corrected chi connectivity index (χ2v) is 17.3. The van der Waals surface area contributed by atoms with Gasteiger partial charge in [0, 0.05) is 16.5 Å². The molecule has 0 N–H and O–H groups in total. The third kappa shape index (κ3) is 5.64. The van der Waals surface area contributed by atoms with Crippen LogP contribution in [0.5, 0.6) is 0 Å². The molecule has 10 aromatic carbocycles. The molecule has 1 aliphatic rings. The van der Waals surface area contributed by atoms with E-state index in [-0.39, 0.29) is 0 Å². The van der Waals surface area contributed by atoms with Crippen molar-refractivity contribution in [1.82, 2.24) is 4.57 Å². The summed E-state index contributed by atoms with van der Waals surface area (Å²) in [7, 11) is 0. The van der Waals surface area contributed by atoms with Gasteiger partial charge in [-0.1, -0.05) is 224 Å². The topological polar surface area (TPSA) is 4.93 Å². The van der Waals surface area contributed by atoms with E-state index >= 15 is 0 Å². The Morgan fingerprint density at radius 2 is 0.797 bits per heavy atom. The summed E-state index contributed by atoms with van der Waals surface area (Å²) >= 11 is 0. The average Bonchev–Trinajstić information content (AvgIpc) is 3.86. The lowest BCUT2D eigenvalue weighted by atomic mass is 9.63. The van der Waals surface area contributed by atoms with Gasteiger partial charge in [0.05, 0.1) is 21.9 Å². The molecule has 1 heterocycles. The van der Waals surface area contributed by atoms with Crippen LogP contribution in [0.3, 0.4) is 0 Å². The number of benzene rings is 10. The van der Waals surface area contributed by atoms with Gasteiger partial charge in [0.25, 0.3) is 0 Å². The summed E-state index contributed by atoms with van der Waals surface area (Å²) in [6.07, 6.45) is 0. The molecule has 302 valence electrons. The molecule has 12 rings (SSSR count). The number of aromatic nitrogens is 1. The van der Waals surface area contributed by atoms with Crippen LogP contribution in [0.15, 0.2) is 255 Å². The van der Waals surface area contributed by atoms with Gasteiger partial charge < -0.3 is 4.57 Å². The highest BCUT2D eigenvalue weighted by atomic mass is 15.0. The molecule has 11 aromatic rings. The van der Waals surface area contributed by atoms with Crippen LogP contribution in [0.25, 0.3) is 49.7 Å². The van der Waals surface area contributed by atoms with Crippen molar-refractivity contribution in [2.24, 2.45) is 0 Å². The molecule has 0 amide bonds. The molecule has 0 radical (unpaired) electrons. The molecular formula is C63H45N. The van der Waals surface area contributed by atoms with Gasteiger partial charge in [0.1, 0.15) is 0 Å². The standard InChI is InChI=1S/C63H45N/c1-44-31-36-53(37-32-44)64-60-30-18-17-29-56(60)57-41-45(34-40-61(57)64)46-33-38-54-55-39-35-52(43-59(55)63(58(54)42-46,50-25-13-5-14-26-50)51-27-15-6-16-28-51)62(47-19-7-2-8-20-47,48-21-9-3-10-22-48)49-23-11-4-12-24-49/h2-43H,1H3. The highest BCUT2D eigenvalue weighted by molar-refractivity contribution is 6.10. The number of para-hydroxylation sites is 1. The van der Waals surface area contributed by atoms with E-state index in [2.05, 4.69) is 266 Å². The first-order chi connectivity index (χ1) is 31.7. The first kappa shape index (κ1) is 37.7. The van der Waals surface area contributed by atoms with Crippen molar-refractivity contribution in [3.63, 3.8) is 0 Å². The summed E-state index contributed by atoms with van der Waals surface area (Å²) in [5.74, 6) is 0. The fourth-order valence-electron chi connectivity index (χ4n) is 11.1. The van der Waals surface area contributed by atoms with Crippen molar-refractivity contribution in [2.75, 3.05) is 0 Å². The molecule has 1 nitrogen and oxygen atoms in total. The SMILES string of the molecule is Cc1ccc(-n2c3ccccc3c3cc(-c4ccc5c(c4)C(c4ccccc4)(c4ccccc4)c4cc(C(c6ccccc6)(c6ccccc6)c6ccccc6)ccc4-5)ccc32)cc1. The first-order valence-electron chi connectivity index (χ1n) is 22.3. The van der Waals surface area contributed by atoms with Crippen LogP contribution in [0, 0.1) is 6.92 Å². The van der Waals surface area contributed by atoms with Crippen LogP contribution in [-0.2, 0) is 10.8 Å². The number of hydrogen-bond donors (Lipinski definition) is 0. The number of fused-ring (bicyclic) bond motifs is 6. The molecule has 1 aliphatic carbocycles. The minimum absolute atomic E-state index is 0.592. The molecule has 0 unspecified atom stereocenters. The van der Waals surface area contributed by atoms with Crippen molar-refractivity contribution < 1.29 is 0 Å². The normalized spacial score (nSPS) is 12.9. The van der Waals surface area contributed by atoms with Crippen LogP contribution in [0.1, 0.15) is 50.1 Å². The summed E-state index contributed by atoms with van der Waals surface area (Å²) in [4.78, 5) is 0. The van der Waals surface area contributed by atoms with Crippen LogP contribution in [-0.4, -0.2) is 4.57 Å². The van der Waals surface area contributed by atoms with Gasteiger partial charge in [0.15, 0.2) is 0 Å². The summed E-state index contributed by atoms with van der Waals surface area (Å²) in [6, 6.07) is 94.9. The molecule has 1 heteroatoms. The van der Waals surface area contributed by atoms with Crippen molar-refractivity contribution in [3.05, 3.63) is 305 Å². The summed E-state index contributed by atoms with van der Waals surface area (Å²) in [5.41, 5.74) is 18.6. The zero-order valence-electron chi connectivity index (χ0n) is 35.7. The first-order valence-corrected chi connectivity index (χ1v) is 22.3. The predicted molar refractivity (Wildman–Crippen MR) is 267 cm³/mol. The maximum atomic E-state index is 2.55. The van der Waals surface area contributed by atoms with Crippen LogP contribution in [0.4, 0.5) is 0 Å². The van der Waals surface area contributed by atoms with Gasteiger partial charge in [-0.15, -0.1) is 0 Å². The Morgan fingerprint density at radius 1 is 0.344 bits per heavy atom. The van der Waals surface area contributed by atoms with Gasteiger partial charge in [-0.25, -0.2) is 0 Å². The van der Waals surface area contributed by atoms with E-state index < -0.39 is 10.8 Å². The van der Waals surface area contributed by atoms with E-state index in [4.69, 9.17) is 0 Å². The molecule has 0 fully saturated rings. The zero-order chi connectivity index (χ0) is 42.7. The van der Waals surface area contributed by atoms with Crippen molar-refractivity contribution in [2.45, 2.75) is 17.8 Å². The van der Waals surface area contributed by atoms with E-state index in [1.54, 1.807) is 0 Å². The number of aryl methyl sites for hydroxylation is 1. The number of nitrogens with zero attached hydrogens (tertiary/aromatic N) is 1. The maximum Gasteiger partial charge on any atom is 0.0713 e. The van der Waals surface area contributed by atoms with Crippen LogP contribution >= 0.6 is 0 Å². The third-order valence-corrected chi connectivity index (χ3v) is 13.9. The average molecular weight is 816 g/mol.